The molecule has 0 heterocycles. The Kier molecular flexibility index (Phi) is 6.73. The number of para-hydroxylation sites is 1. The standard InChI is InChI=1S/C28H22O4/c29-27(24-17-15-23(16-18-24)22-11-5-2-6-12-22)32-26-14-8-7-13-25(26)28(30)31-20-19-21-9-3-1-4-10-21/h1-18H,19-20H2. The van der Waals surface area contributed by atoms with E-state index in [-0.39, 0.29) is 17.9 Å². The van der Waals surface area contributed by atoms with Gasteiger partial charge in [0.25, 0.3) is 0 Å². The van der Waals surface area contributed by atoms with E-state index in [4.69, 9.17) is 9.47 Å². The fraction of sp³-hybridized carbons (Fsp3) is 0.0714. The number of carbonyl (C=O) groups excluding carboxylic acids is 2. The molecule has 4 nitrogen and oxygen atoms in total. The molecule has 0 saturated heterocycles. The van der Waals surface area contributed by atoms with Gasteiger partial charge in [-0.15, -0.1) is 0 Å². The fourth-order valence-corrected chi connectivity index (χ4v) is 3.30. The third-order valence-corrected chi connectivity index (χ3v) is 5.00. The molecular weight excluding hydrogens is 400 g/mol. The van der Waals surface area contributed by atoms with Crippen molar-refractivity contribution in [2.24, 2.45) is 0 Å². The smallest absolute Gasteiger partial charge is 0.343 e. The van der Waals surface area contributed by atoms with Crippen LogP contribution in [0.3, 0.4) is 0 Å². The Morgan fingerprint density at radius 3 is 1.91 bits per heavy atom. The molecule has 0 aromatic heterocycles. The third kappa shape index (κ3) is 5.29. The van der Waals surface area contributed by atoms with Crippen molar-refractivity contribution in [1.82, 2.24) is 0 Å². The highest BCUT2D eigenvalue weighted by Crippen LogP contribution is 2.23. The summed E-state index contributed by atoms with van der Waals surface area (Å²) in [5.74, 6) is -0.882. The van der Waals surface area contributed by atoms with Crippen LogP contribution in [0.1, 0.15) is 26.3 Å². The minimum Gasteiger partial charge on any atom is -0.462 e. The molecule has 0 radical (unpaired) electrons. The van der Waals surface area contributed by atoms with Crippen molar-refractivity contribution in [3.05, 3.63) is 126 Å². The zero-order chi connectivity index (χ0) is 22.2. The van der Waals surface area contributed by atoms with Crippen LogP contribution in [0.25, 0.3) is 11.1 Å². The summed E-state index contributed by atoms with van der Waals surface area (Å²) in [7, 11) is 0. The Bertz CT molecular complexity index is 1180. The van der Waals surface area contributed by atoms with Crippen molar-refractivity contribution < 1.29 is 19.1 Å². The number of rotatable bonds is 7. The van der Waals surface area contributed by atoms with Gasteiger partial charge in [-0.1, -0.05) is 84.9 Å². The summed E-state index contributed by atoms with van der Waals surface area (Å²) >= 11 is 0. The van der Waals surface area contributed by atoms with E-state index >= 15 is 0 Å². The number of carbonyl (C=O) groups is 2. The van der Waals surface area contributed by atoms with E-state index in [1.165, 1.54) is 0 Å². The van der Waals surface area contributed by atoms with Gasteiger partial charge in [-0.05, 0) is 41.0 Å². The zero-order valence-electron chi connectivity index (χ0n) is 17.4. The number of benzene rings is 4. The van der Waals surface area contributed by atoms with E-state index in [1.54, 1.807) is 36.4 Å². The molecule has 0 bridgehead atoms. The predicted octanol–water partition coefficient (Wildman–Crippen LogP) is 5.97. The lowest BCUT2D eigenvalue weighted by Gasteiger charge is -2.10. The van der Waals surface area contributed by atoms with Crippen LogP contribution in [0.5, 0.6) is 5.75 Å². The van der Waals surface area contributed by atoms with E-state index in [0.717, 1.165) is 16.7 Å². The Morgan fingerprint density at radius 2 is 1.19 bits per heavy atom. The SMILES string of the molecule is O=C(Oc1ccccc1C(=O)OCCc1ccccc1)c1ccc(-c2ccccc2)cc1. The minimum atomic E-state index is -0.533. The Labute approximate surface area is 187 Å². The molecule has 4 rings (SSSR count). The van der Waals surface area contributed by atoms with Crippen molar-refractivity contribution in [2.45, 2.75) is 6.42 Å². The van der Waals surface area contributed by atoms with Crippen LogP contribution < -0.4 is 4.74 Å². The monoisotopic (exact) mass is 422 g/mol. The highest BCUT2D eigenvalue weighted by Gasteiger charge is 2.17. The van der Waals surface area contributed by atoms with Crippen LogP contribution in [0.15, 0.2) is 109 Å². The second kappa shape index (κ2) is 10.2. The molecule has 0 fully saturated rings. The van der Waals surface area contributed by atoms with Crippen LogP contribution in [0.2, 0.25) is 0 Å². The summed E-state index contributed by atoms with van der Waals surface area (Å²) in [6, 6.07) is 33.4. The maximum absolute atomic E-state index is 12.7. The van der Waals surface area contributed by atoms with Crippen LogP contribution >= 0.6 is 0 Å². The van der Waals surface area contributed by atoms with Crippen molar-refractivity contribution >= 4 is 11.9 Å². The Balaban J connectivity index is 1.41. The number of esters is 2. The first-order valence-corrected chi connectivity index (χ1v) is 10.4. The molecule has 0 unspecified atom stereocenters. The summed E-state index contributed by atoms with van der Waals surface area (Å²) in [5.41, 5.74) is 3.77. The summed E-state index contributed by atoms with van der Waals surface area (Å²) in [6.45, 7) is 0.242. The summed E-state index contributed by atoms with van der Waals surface area (Å²) in [6.07, 6.45) is 0.613. The summed E-state index contributed by atoms with van der Waals surface area (Å²) in [5, 5.41) is 0. The first-order valence-electron chi connectivity index (χ1n) is 10.4. The molecule has 0 N–H and O–H groups in total. The topological polar surface area (TPSA) is 52.6 Å². The molecule has 0 aliphatic carbocycles. The third-order valence-electron chi connectivity index (χ3n) is 5.00. The minimum absolute atomic E-state index is 0.175. The van der Waals surface area contributed by atoms with Crippen molar-refractivity contribution in [1.29, 1.82) is 0 Å². The molecule has 4 aromatic carbocycles. The highest BCUT2D eigenvalue weighted by atomic mass is 16.5. The van der Waals surface area contributed by atoms with Gasteiger partial charge in [0.15, 0.2) is 0 Å². The molecular formula is C28H22O4. The quantitative estimate of drug-likeness (QED) is 0.272. The second-order valence-electron chi connectivity index (χ2n) is 7.20. The van der Waals surface area contributed by atoms with Crippen molar-refractivity contribution in [2.75, 3.05) is 6.61 Å². The zero-order valence-corrected chi connectivity index (χ0v) is 17.4. The van der Waals surface area contributed by atoms with Gasteiger partial charge in [0.1, 0.15) is 11.3 Å². The maximum atomic E-state index is 12.7. The largest absolute Gasteiger partial charge is 0.462 e. The lowest BCUT2D eigenvalue weighted by atomic mass is 10.0. The lowest BCUT2D eigenvalue weighted by molar-refractivity contribution is 0.0504. The average molecular weight is 422 g/mol. The number of ether oxygens (including phenoxy) is 2. The van der Waals surface area contributed by atoms with E-state index in [0.29, 0.717) is 12.0 Å². The molecule has 4 aromatic rings. The molecule has 158 valence electrons. The average Bonchev–Trinajstić information content (AvgIpc) is 2.85. The molecule has 4 heteroatoms. The van der Waals surface area contributed by atoms with Gasteiger partial charge in [-0.25, -0.2) is 9.59 Å². The number of hydrogen-bond donors (Lipinski definition) is 0. The Morgan fingerprint density at radius 1 is 0.594 bits per heavy atom. The molecule has 32 heavy (non-hydrogen) atoms. The molecule has 0 amide bonds. The van der Waals surface area contributed by atoms with Gasteiger partial charge in [0.05, 0.1) is 12.2 Å². The summed E-state index contributed by atoms with van der Waals surface area (Å²) in [4.78, 5) is 25.2. The van der Waals surface area contributed by atoms with Gasteiger partial charge >= 0.3 is 11.9 Å². The Hall–Kier alpha value is -4.18. The van der Waals surface area contributed by atoms with E-state index in [2.05, 4.69) is 0 Å². The summed E-state index contributed by atoms with van der Waals surface area (Å²) < 4.78 is 10.9. The van der Waals surface area contributed by atoms with Crippen molar-refractivity contribution in [3.63, 3.8) is 0 Å². The van der Waals surface area contributed by atoms with Crippen molar-refractivity contribution in [3.8, 4) is 16.9 Å². The number of hydrogen-bond acceptors (Lipinski definition) is 4. The van der Waals surface area contributed by atoms with Gasteiger partial charge < -0.3 is 9.47 Å². The molecule has 0 atom stereocenters. The fourth-order valence-electron chi connectivity index (χ4n) is 3.30. The van der Waals surface area contributed by atoms with Gasteiger partial charge in [-0.3, -0.25) is 0 Å². The van der Waals surface area contributed by atoms with E-state index in [1.807, 2.05) is 72.8 Å². The lowest BCUT2D eigenvalue weighted by Crippen LogP contribution is -2.14. The first-order chi connectivity index (χ1) is 15.7. The van der Waals surface area contributed by atoms with Crippen LogP contribution in [0.4, 0.5) is 0 Å². The normalized spacial score (nSPS) is 10.4. The molecule has 0 aliphatic heterocycles. The van der Waals surface area contributed by atoms with Crippen LogP contribution in [-0.4, -0.2) is 18.5 Å². The van der Waals surface area contributed by atoms with Crippen LogP contribution in [0, 0.1) is 0 Å². The van der Waals surface area contributed by atoms with Gasteiger partial charge in [0, 0.05) is 6.42 Å². The van der Waals surface area contributed by atoms with Crippen LogP contribution in [-0.2, 0) is 11.2 Å². The molecule has 0 aliphatic rings. The highest BCUT2D eigenvalue weighted by molar-refractivity contribution is 5.96. The van der Waals surface area contributed by atoms with Gasteiger partial charge in [-0.2, -0.15) is 0 Å². The van der Waals surface area contributed by atoms with Gasteiger partial charge in [0.2, 0.25) is 0 Å². The maximum Gasteiger partial charge on any atom is 0.343 e. The first kappa shape index (κ1) is 21.1. The van der Waals surface area contributed by atoms with E-state index < -0.39 is 11.9 Å². The second-order valence-corrected chi connectivity index (χ2v) is 7.20. The molecule has 0 saturated carbocycles. The molecule has 0 spiro atoms. The van der Waals surface area contributed by atoms with E-state index in [9.17, 15) is 9.59 Å². The predicted molar refractivity (Wildman–Crippen MR) is 124 cm³/mol.